The Morgan fingerprint density at radius 1 is 0.259 bits per heavy atom. The van der Waals surface area contributed by atoms with Crippen molar-refractivity contribution in [1.29, 1.82) is 0 Å². The predicted octanol–water partition coefficient (Wildman–Crippen LogP) is 24.0. The van der Waals surface area contributed by atoms with Crippen LogP contribution < -0.4 is 0 Å². The molecule has 0 fully saturated rings. The highest BCUT2D eigenvalue weighted by Gasteiger charge is 2.19. The molecule has 0 N–H and O–H groups in total. The summed E-state index contributed by atoms with van der Waals surface area (Å²) in [5.74, 6) is -0.870. The molecule has 466 valence electrons. The van der Waals surface area contributed by atoms with E-state index in [9.17, 15) is 14.4 Å². The SMILES string of the molecule is CC/C=C\C/C=C\C/C=C\C/C=C\C/C=C\C/C=C\C/C=C\CCCCCCCCCCCCCCCC(=O)OCC(COC(=O)CCCCCCCCCCCCCC)OC(=O)CCCCCCC/C=C\CCCCCCCCC. The molecule has 1 unspecified atom stereocenters. The smallest absolute Gasteiger partial charge is 0.306 e. The first kappa shape index (κ1) is 77.3. The minimum atomic E-state index is -0.779. The Hall–Kier alpha value is -3.67. The highest BCUT2D eigenvalue weighted by atomic mass is 16.6. The molecule has 0 saturated carbocycles. The van der Waals surface area contributed by atoms with Crippen molar-refractivity contribution in [2.45, 2.75) is 348 Å². The summed E-state index contributed by atoms with van der Waals surface area (Å²) in [6, 6.07) is 0. The molecule has 0 aliphatic carbocycles. The van der Waals surface area contributed by atoms with Gasteiger partial charge in [-0.3, -0.25) is 14.4 Å². The zero-order chi connectivity index (χ0) is 58.5. The van der Waals surface area contributed by atoms with E-state index < -0.39 is 6.10 Å². The Balaban J connectivity index is 4.16. The van der Waals surface area contributed by atoms with Crippen molar-refractivity contribution in [2.24, 2.45) is 0 Å². The van der Waals surface area contributed by atoms with Crippen molar-refractivity contribution in [3.63, 3.8) is 0 Å². The van der Waals surface area contributed by atoms with Crippen LogP contribution >= 0.6 is 0 Å². The van der Waals surface area contributed by atoms with E-state index in [1.807, 2.05) is 0 Å². The fraction of sp³-hybridized carbons (Fsp3) is 0.747. The lowest BCUT2D eigenvalue weighted by atomic mass is 10.0. The van der Waals surface area contributed by atoms with E-state index in [0.29, 0.717) is 19.3 Å². The maximum Gasteiger partial charge on any atom is 0.306 e. The first-order valence-corrected chi connectivity index (χ1v) is 34.7. The fourth-order valence-electron chi connectivity index (χ4n) is 9.89. The van der Waals surface area contributed by atoms with Crippen LogP contribution in [0.15, 0.2) is 97.2 Å². The minimum Gasteiger partial charge on any atom is -0.462 e. The van der Waals surface area contributed by atoms with Gasteiger partial charge in [-0.05, 0) is 103 Å². The van der Waals surface area contributed by atoms with Gasteiger partial charge in [-0.1, -0.05) is 317 Å². The molecular weight excluding hydrogens is 997 g/mol. The molecule has 0 heterocycles. The van der Waals surface area contributed by atoms with Crippen molar-refractivity contribution >= 4 is 17.9 Å². The topological polar surface area (TPSA) is 78.9 Å². The molecule has 0 aromatic carbocycles. The van der Waals surface area contributed by atoms with E-state index in [0.717, 1.165) is 109 Å². The van der Waals surface area contributed by atoms with E-state index in [1.54, 1.807) is 0 Å². The average molecular weight is 1130 g/mol. The van der Waals surface area contributed by atoms with Gasteiger partial charge in [0.25, 0.3) is 0 Å². The van der Waals surface area contributed by atoms with Crippen LogP contribution in [0.4, 0.5) is 0 Å². The van der Waals surface area contributed by atoms with Crippen molar-refractivity contribution in [1.82, 2.24) is 0 Å². The molecule has 0 saturated heterocycles. The van der Waals surface area contributed by atoms with Crippen LogP contribution in [0.1, 0.15) is 342 Å². The molecule has 6 nitrogen and oxygen atoms in total. The van der Waals surface area contributed by atoms with Crippen LogP contribution in [0.3, 0.4) is 0 Å². The van der Waals surface area contributed by atoms with Crippen molar-refractivity contribution in [3.05, 3.63) is 97.2 Å². The first-order valence-electron chi connectivity index (χ1n) is 34.7. The molecule has 0 amide bonds. The molecule has 0 aromatic rings. The summed E-state index contributed by atoms with van der Waals surface area (Å²) in [6.07, 6.45) is 92.9. The van der Waals surface area contributed by atoms with Gasteiger partial charge in [-0.25, -0.2) is 0 Å². The zero-order valence-electron chi connectivity index (χ0n) is 53.5. The van der Waals surface area contributed by atoms with Gasteiger partial charge in [0.2, 0.25) is 0 Å². The lowest BCUT2D eigenvalue weighted by Gasteiger charge is -2.18. The standard InChI is InChI=1S/C75H130O6/c1-4-7-10-13-16-19-22-25-27-29-30-31-32-33-34-35-36-37-38-39-40-41-42-43-44-45-46-47-49-50-53-56-59-62-65-68-74(77)80-71-72(70-79-73(76)67-64-61-58-55-52-24-21-18-15-12-9-6-3)81-75(78)69-66-63-60-57-54-51-48-28-26-23-20-17-14-11-8-5-2/h7,10,16,19,25,27-28,30-31,33-34,36-37,39-40,48,72H,4-6,8-9,11-15,17-18,20-24,26,29,32,35,38,41-47,49-71H2,1-3H3/b10-7-,19-16-,27-25-,31-30-,34-33-,37-36-,40-39-,48-28-. The lowest BCUT2D eigenvalue weighted by Crippen LogP contribution is -2.30. The number of rotatable bonds is 63. The van der Waals surface area contributed by atoms with Crippen molar-refractivity contribution in [3.8, 4) is 0 Å². The molecule has 0 aliphatic rings. The maximum absolute atomic E-state index is 12.9. The van der Waals surface area contributed by atoms with Crippen LogP contribution in [0, 0.1) is 0 Å². The van der Waals surface area contributed by atoms with Gasteiger partial charge < -0.3 is 14.2 Å². The van der Waals surface area contributed by atoms with Gasteiger partial charge in [0, 0.05) is 19.3 Å². The van der Waals surface area contributed by atoms with Crippen molar-refractivity contribution < 1.29 is 28.6 Å². The van der Waals surface area contributed by atoms with E-state index in [2.05, 4.69) is 118 Å². The highest BCUT2D eigenvalue weighted by Crippen LogP contribution is 2.17. The second-order valence-corrected chi connectivity index (χ2v) is 23.1. The van der Waals surface area contributed by atoms with Crippen LogP contribution in [0.5, 0.6) is 0 Å². The number of esters is 3. The molecule has 0 bridgehead atoms. The van der Waals surface area contributed by atoms with Gasteiger partial charge >= 0.3 is 17.9 Å². The molecule has 0 aliphatic heterocycles. The number of carbonyl (C=O) groups excluding carboxylic acids is 3. The first-order chi connectivity index (χ1) is 40.0. The number of hydrogen-bond acceptors (Lipinski definition) is 6. The third-order valence-corrected chi connectivity index (χ3v) is 15.1. The summed E-state index contributed by atoms with van der Waals surface area (Å²) in [4.78, 5) is 38.3. The Bertz CT molecular complexity index is 1580. The van der Waals surface area contributed by atoms with Crippen LogP contribution in [-0.4, -0.2) is 37.2 Å². The van der Waals surface area contributed by atoms with Crippen molar-refractivity contribution in [2.75, 3.05) is 13.2 Å². The molecule has 0 radical (unpaired) electrons. The summed E-state index contributed by atoms with van der Waals surface area (Å²) in [5, 5.41) is 0. The van der Waals surface area contributed by atoms with Gasteiger partial charge in [-0.2, -0.15) is 0 Å². The van der Waals surface area contributed by atoms with Crippen LogP contribution in [-0.2, 0) is 28.6 Å². The summed E-state index contributed by atoms with van der Waals surface area (Å²) < 4.78 is 16.9. The second kappa shape index (κ2) is 68.8. The van der Waals surface area contributed by atoms with E-state index in [-0.39, 0.29) is 31.1 Å². The Kier molecular flexibility index (Phi) is 65.7. The van der Waals surface area contributed by atoms with Gasteiger partial charge in [-0.15, -0.1) is 0 Å². The van der Waals surface area contributed by atoms with E-state index in [1.165, 1.54) is 193 Å². The predicted molar refractivity (Wildman–Crippen MR) is 353 cm³/mol. The number of ether oxygens (including phenoxy) is 3. The third-order valence-electron chi connectivity index (χ3n) is 15.1. The molecular formula is C75H130O6. The van der Waals surface area contributed by atoms with Crippen LogP contribution in [0.2, 0.25) is 0 Å². The molecule has 0 aromatic heterocycles. The lowest BCUT2D eigenvalue weighted by molar-refractivity contribution is -0.167. The van der Waals surface area contributed by atoms with Crippen LogP contribution in [0.25, 0.3) is 0 Å². The summed E-state index contributed by atoms with van der Waals surface area (Å²) in [7, 11) is 0. The largest absolute Gasteiger partial charge is 0.462 e. The van der Waals surface area contributed by atoms with Gasteiger partial charge in [0.05, 0.1) is 0 Å². The Labute approximate surface area is 502 Å². The average Bonchev–Trinajstić information content (AvgIpc) is 3.47. The minimum absolute atomic E-state index is 0.0757. The number of allylic oxidation sites excluding steroid dienone is 16. The molecule has 1 atom stereocenters. The number of carbonyl (C=O) groups is 3. The van der Waals surface area contributed by atoms with E-state index >= 15 is 0 Å². The van der Waals surface area contributed by atoms with Gasteiger partial charge in [0.15, 0.2) is 6.10 Å². The maximum atomic E-state index is 12.9. The fourth-order valence-corrected chi connectivity index (χ4v) is 9.89. The number of unbranched alkanes of at least 4 members (excludes halogenated alkanes) is 36. The summed E-state index contributed by atoms with van der Waals surface area (Å²) >= 11 is 0. The van der Waals surface area contributed by atoms with Gasteiger partial charge in [0.1, 0.15) is 13.2 Å². The van der Waals surface area contributed by atoms with E-state index in [4.69, 9.17) is 14.2 Å². The molecule has 81 heavy (non-hydrogen) atoms. The zero-order valence-corrected chi connectivity index (χ0v) is 53.5. The number of hydrogen-bond donors (Lipinski definition) is 0. The molecule has 0 spiro atoms. The summed E-state index contributed by atoms with van der Waals surface area (Å²) in [5.41, 5.74) is 0. The second-order valence-electron chi connectivity index (χ2n) is 23.1. The molecule has 0 rings (SSSR count). The Morgan fingerprint density at radius 2 is 0.481 bits per heavy atom. The highest BCUT2D eigenvalue weighted by molar-refractivity contribution is 5.71. The monoisotopic (exact) mass is 1130 g/mol. The quantitative estimate of drug-likeness (QED) is 0.0261. The molecule has 6 heteroatoms. The normalized spacial score (nSPS) is 12.7. The third kappa shape index (κ3) is 67.0. The Morgan fingerprint density at radius 3 is 0.765 bits per heavy atom. The summed E-state index contributed by atoms with van der Waals surface area (Å²) in [6.45, 7) is 6.55.